The number of hydrogen-bond donors (Lipinski definition) is 2. The molecule has 0 bridgehead atoms. The van der Waals surface area contributed by atoms with E-state index in [2.05, 4.69) is 10.2 Å². The quantitative estimate of drug-likeness (QED) is 0.602. The number of para-hydroxylation sites is 1. The third-order valence-electron chi connectivity index (χ3n) is 3.78. The van der Waals surface area contributed by atoms with Gasteiger partial charge in [-0.1, -0.05) is 53.2 Å². The summed E-state index contributed by atoms with van der Waals surface area (Å²) in [5.41, 5.74) is 2.67. The number of benzene rings is 2. The number of aromatic nitrogens is 3. The fraction of sp³-hybridized carbons (Fsp3) is 0.222. The van der Waals surface area contributed by atoms with Crippen LogP contribution in [0.5, 0.6) is 0 Å². The molecule has 0 fully saturated rings. The van der Waals surface area contributed by atoms with Gasteiger partial charge in [0.1, 0.15) is 0 Å². The van der Waals surface area contributed by atoms with Crippen LogP contribution in [0.2, 0.25) is 10.0 Å². The van der Waals surface area contributed by atoms with E-state index in [1.807, 2.05) is 35.8 Å². The molecule has 0 spiro atoms. The van der Waals surface area contributed by atoms with Crippen LogP contribution in [0, 0.1) is 6.92 Å². The summed E-state index contributed by atoms with van der Waals surface area (Å²) in [4.78, 5) is 0. The number of aliphatic hydroxyl groups excluding tert-OH is 2. The molecule has 1 atom stereocenters. The minimum Gasteiger partial charge on any atom is -0.394 e. The molecule has 5 nitrogen and oxygen atoms in total. The molecule has 1 unspecified atom stereocenters. The van der Waals surface area contributed by atoms with Crippen LogP contribution < -0.4 is 0 Å². The van der Waals surface area contributed by atoms with Crippen molar-refractivity contribution in [1.82, 2.24) is 14.8 Å². The monoisotopic (exact) mass is 409 g/mol. The second-order valence-corrected chi connectivity index (χ2v) is 7.53. The highest BCUT2D eigenvalue weighted by Gasteiger charge is 2.20. The van der Waals surface area contributed by atoms with Crippen LogP contribution in [0.25, 0.3) is 17.1 Å². The van der Waals surface area contributed by atoms with Crippen molar-refractivity contribution in [3.05, 3.63) is 58.1 Å². The molecule has 8 heteroatoms. The summed E-state index contributed by atoms with van der Waals surface area (Å²) >= 11 is 13.7. The van der Waals surface area contributed by atoms with Crippen molar-refractivity contribution in [2.24, 2.45) is 0 Å². The average molecular weight is 410 g/mol. The second-order valence-electron chi connectivity index (χ2n) is 5.70. The van der Waals surface area contributed by atoms with Gasteiger partial charge in [0.05, 0.1) is 23.4 Å². The van der Waals surface area contributed by atoms with Gasteiger partial charge >= 0.3 is 0 Å². The highest BCUT2D eigenvalue weighted by Crippen LogP contribution is 2.34. The zero-order valence-corrected chi connectivity index (χ0v) is 16.3. The summed E-state index contributed by atoms with van der Waals surface area (Å²) in [6.45, 7) is 1.70. The van der Waals surface area contributed by atoms with E-state index in [4.69, 9.17) is 28.3 Å². The number of aliphatic hydroxyl groups is 2. The maximum absolute atomic E-state index is 9.67. The van der Waals surface area contributed by atoms with E-state index in [1.54, 1.807) is 18.2 Å². The van der Waals surface area contributed by atoms with Gasteiger partial charge in [-0.2, -0.15) is 0 Å². The van der Waals surface area contributed by atoms with E-state index < -0.39 is 6.10 Å². The Labute approximate surface area is 165 Å². The number of rotatable bonds is 6. The fourth-order valence-corrected chi connectivity index (χ4v) is 3.82. The highest BCUT2D eigenvalue weighted by molar-refractivity contribution is 7.99. The van der Waals surface area contributed by atoms with Crippen molar-refractivity contribution in [1.29, 1.82) is 0 Å². The van der Waals surface area contributed by atoms with Gasteiger partial charge in [-0.05, 0) is 36.8 Å². The first kappa shape index (κ1) is 19.2. The van der Waals surface area contributed by atoms with Crippen LogP contribution in [-0.4, -0.2) is 43.4 Å². The van der Waals surface area contributed by atoms with E-state index >= 15 is 0 Å². The molecule has 2 N–H and O–H groups in total. The Bertz CT molecular complexity index is 917. The highest BCUT2D eigenvalue weighted by atomic mass is 35.5. The fourth-order valence-electron chi connectivity index (χ4n) is 2.46. The largest absolute Gasteiger partial charge is 0.394 e. The first-order chi connectivity index (χ1) is 12.5. The maximum atomic E-state index is 9.67. The predicted molar refractivity (Wildman–Crippen MR) is 105 cm³/mol. The summed E-state index contributed by atoms with van der Waals surface area (Å²) in [5.74, 6) is 0.886. The average Bonchev–Trinajstić information content (AvgIpc) is 3.03. The molecule has 0 radical (unpaired) electrons. The Morgan fingerprint density at radius 1 is 1.15 bits per heavy atom. The molecule has 136 valence electrons. The SMILES string of the molecule is Cc1ccccc1-n1c(SCC(O)CO)nnc1-c1ccc(Cl)cc1Cl. The molecule has 0 aliphatic heterocycles. The zero-order valence-electron chi connectivity index (χ0n) is 13.9. The summed E-state index contributed by atoms with van der Waals surface area (Å²) in [6.07, 6.45) is -0.829. The Balaban J connectivity index is 2.13. The maximum Gasteiger partial charge on any atom is 0.196 e. The van der Waals surface area contributed by atoms with Gasteiger partial charge in [-0.15, -0.1) is 10.2 Å². The number of halogens is 2. The van der Waals surface area contributed by atoms with Gasteiger partial charge in [-0.25, -0.2) is 0 Å². The topological polar surface area (TPSA) is 71.2 Å². The van der Waals surface area contributed by atoms with Crippen LogP contribution in [-0.2, 0) is 0 Å². The van der Waals surface area contributed by atoms with Gasteiger partial charge in [0, 0.05) is 16.3 Å². The Kier molecular flexibility index (Phi) is 6.21. The van der Waals surface area contributed by atoms with Crippen LogP contribution in [0.15, 0.2) is 47.6 Å². The molecule has 0 amide bonds. The van der Waals surface area contributed by atoms with Crippen molar-refractivity contribution in [2.45, 2.75) is 18.2 Å². The minimum absolute atomic E-state index is 0.300. The van der Waals surface area contributed by atoms with Crippen LogP contribution in [0.1, 0.15) is 5.56 Å². The lowest BCUT2D eigenvalue weighted by Crippen LogP contribution is -2.15. The lowest BCUT2D eigenvalue weighted by Gasteiger charge is -2.14. The number of aryl methyl sites for hydroxylation is 1. The van der Waals surface area contributed by atoms with Gasteiger partial charge in [0.2, 0.25) is 0 Å². The molecule has 3 rings (SSSR count). The van der Waals surface area contributed by atoms with Crippen LogP contribution >= 0.6 is 35.0 Å². The summed E-state index contributed by atoms with van der Waals surface area (Å²) < 4.78 is 1.90. The van der Waals surface area contributed by atoms with E-state index in [1.165, 1.54) is 11.8 Å². The molecule has 0 aliphatic carbocycles. The molecular weight excluding hydrogens is 393 g/mol. The third kappa shape index (κ3) is 4.05. The first-order valence-electron chi connectivity index (χ1n) is 7.90. The molecule has 3 aromatic rings. The molecule has 0 saturated carbocycles. The second kappa shape index (κ2) is 8.41. The smallest absolute Gasteiger partial charge is 0.196 e. The number of thioether (sulfide) groups is 1. The predicted octanol–water partition coefficient (Wildman–Crippen LogP) is 3.99. The van der Waals surface area contributed by atoms with Crippen LogP contribution in [0.4, 0.5) is 0 Å². The lowest BCUT2D eigenvalue weighted by atomic mass is 10.1. The van der Waals surface area contributed by atoms with E-state index in [9.17, 15) is 5.11 Å². The molecule has 26 heavy (non-hydrogen) atoms. The van der Waals surface area contributed by atoms with Crippen LogP contribution in [0.3, 0.4) is 0 Å². The van der Waals surface area contributed by atoms with Gasteiger partial charge < -0.3 is 10.2 Å². The van der Waals surface area contributed by atoms with Crippen molar-refractivity contribution >= 4 is 35.0 Å². The normalized spacial score (nSPS) is 12.3. The van der Waals surface area contributed by atoms with E-state index in [0.29, 0.717) is 32.3 Å². The first-order valence-corrected chi connectivity index (χ1v) is 9.64. The van der Waals surface area contributed by atoms with Crippen molar-refractivity contribution in [2.75, 3.05) is 12.4 Å². The molecule has 1 heterocycles. The standard InChI is InChI=1S/C18H17Cl2N3O2S/c1-11-4-2-3-5-16(11)23-17(14-7-6-12(19)8-15(14)20)21-22-18(23)26-10-13(25)9-24/h2-8,13,24-25H,9-10H2,1H3. The van der Waals surface area contributed by atoms with Gasteiger partial charge in [-0.3, -0.25) is 4.57 Å². The summed E-state index contributed by atoms with van der Waals surface area (Å²) in [5, 5.41) is 28.9. The molecular formula is C18H17Cl2N3O2S. The van der Waals surface area contributed by atoms with Gasteiger partial charge in [0.15, 0.2) is 11.0 Å². The minimum atomic E-state index is -0.829. The molecule has 1 aromatic heterocycles. The Hall–Kier alpha value is -1.57. The summed E-state index contributed by atoms with van der Waals surface area (Å²) in [6, 6.07) is 13.1. The molecule has 0 aliphatic rings. The van der Waals surface area contributed by atoms with Crippen molar-refractivity contribution < 1.29 is 10.2 Å². The Morgan fingerprint density at radius 2 is 1.92 bits per heavy atom. The molecule has 2 aromatic carbocycles. The van der Waals surface area contributed by atoms with Gasteiger partial charge in [0.25, 0.3) is 0 Å². The summed E-state index contributed by atoms with van der Waals surface area (Å²) in [7, 11) is 0. The Morgan fingerprint density at radius 3 is 2.62 bits per heavy atom. The van der Waals surface area contributed by atoms with E-state index in [-0.39, 0.29) is 6.61 Å². The molecule has 0 saturated heterocycles. The number of hydrogen-bond acceptors (Lipinski definition) is 5. The van der Waals surface area contributed by atoms with E-state index in [0.717, 1.165) is 11.3 Å². The number of nitrogens with zero attached hydrogens (tertiary/aromatic N) is 3. The zero-order chi connectivity index (χ0) is 18.7. The third-order valence-corrected chi connectivity index (χ3v) is 5.40. The van der Waals surface area contributed by atoms with Crippen molar-refractivity contribution in [3.63, 3.8) is 0 Å². The van der Waals surface area contributed by atoms with Crippen molar-refractivity contribution in [3.8, 4) is 17.1 Å². The lowest BCUT2D eigenvalue weighted by molar-refractivity contribution is 0.113.